The van der Waals surface area contributed by atoms with E-state index in [0.29, 0.717) is 12.1 Å². The first-order valence-electron chi connectivity index (χ1n) is 6.63. The van der Waals surface area contributed by atoms with Crippen LogP contribution in [0.2, 0.25) is 0 Å². The van der Waals surface area contributed by atoms with E-state index in [0.717, 1.165) is 19.2 Å². The van der Waals surface area contributed by atoms with Crippen LogP contribution in [0.4, 0.5) is 0 Å². The molecule has 3 nitrogen and oxygen atoms in total. The molecular weight excluding hydrogens is 200 g/mol. The van der Waals surface area contributed by atoms with Gasteiger partial charge in [-0.2, -0.15) is 0 Å². The summed E-state index contributed by atoms with van der Waals surface area (Å²) in [5.74, 6) is 0. The summed E-state index contributed by atoms with van der Waals surface area (Å²) in [5.41, 5.74) is 0. The Balaban J connectivity index is 2.25. The Labute approximate surface area is 101 Å². The Kier molecular flexibility index (Phi) is 6.32. The number of hydrogen-bond donors (Lipinski definition) is 1. The third kappa shape index (κ3) is 4.40. The van der Waals surface area contributed by atoms with Crippen LogP contribution in [0.15, 0.2) is 0 Å². The summed E-state index contributed by atoms with van der Waals surface area (Å²) in [6, 6.07) is 1.84. The van der Waals surface area contributed by atoms with Gasteiger partial charge in [0.1, 0.15) is 0 Å². The van der Waals surface area contributed by atoms with Crippen molar-refractivity contribution in [2.75, 3.05) is 26.8 Å². The van der Waals surface area contributed by atoms with E-state index in [-0.39, 0.29) is 0 Å². The zero-order valence-electron chi connectivity index (χ0n) is 11.3. The Morgan fingerprint density at radius 3 is 2.75 bits per heavy atom. The van der Waals surface area contributed by atoms with E-state index in [9.17, 15) is 0 Å². The molecule has 1 aliphatic rings. The molecule has 0 aromatic heterocycles. The fraction of sp³-hybridized carbons (Fsp3) is 1.00. The third-order valence-corrected chi connectivity index (χ3v) is 3.60. The molecule has 3 unspecified atom stereocenters. The second kappa shape index (κ2) is 7.25. The minimum Gasteiger partial charge on any atom is -0.383 e. The number of ether oxygens (including phenoxy) is 1. The molecule has 3 heteroatoms. The molecule has 3 atom stereocenters. The van der Waals surface area contributed by atoms with E-state index in [2.05, 4.69) is 31.0 Å². The highest BCUT2D eigenvalue weighted by atomic mass is 16.5. The number of rotatable bonds is 6. The maximum Gasteiger partial charge on any atom is 0.0613 e. The highest BCUT2D eigenvalue weighted by molar-refractivity contribution is 4.79. The first-order chi connectivity index (χ1) is 7.65. The molecule has 0 bridgehead atoms. The molecule has 1 heterocycles. The van der Waals surface area contributed by atoms with Crippen molar-refractivity contribution in [3.63, 3.8) is 0 Å². The second-order valence-corrected chi connectivity index (χ2v) is 5.20. The van der Waals surface area contributed by atoms with E-state index in [1.807, 2.05) is 0 Å². The highest BCUT2D eigenvalue weighted by Gasteiger charge is 2.22. The van der Waals surface area contributed by atoms with E-state index in [1.165, 1.54) is 25.8 Å². The van der Waals surface area contributed by atoms with Gasteiger partial charge in [-0.15, -0.1) is 0 Å². The van der Waals surface area contributed by atoms with Crippen LogP contribution in [0.25, 0.3) is 0 Å². The van der Waals surface area contributed by atoms with Crippen molar-refractivity contribution in [1.82, 2.24) is 10.2 Å². The molecule has 1 N–H and O–H groups in total. The van der Waals surface area contributed by atoms with E-state index in [1.54, 1.807) is 7.11 Å². The van der Waals surface area contributed by atoms with Gasteiger partial charge in [0.15, 0.2) is 0 Å². The van der Waals surface area contributed by atoms with Crippen LogP contribution in [0.1, 0.15) is 40.0 Å². The second-order valence-electron chi connectivity index (χ2n) is 5.20. The monoisotopic (exact) mass is 228 g/mol. The first kappa shape index (κ1) is 13.9. The third-order valence-electron chi connectivity index (χ3n) is 3.60. The van der Waals surface area contributed by atoms with Crippen molar-refractivity contribution in [3.8, 4) is 0 Å². The molecule has 0 aromatic carbocycles. The molecular formula is C13H28N2O. The van der Waals surface area contributed by atoms with Crippen LogP contribution >= 0.6 is 0 Å². The number of piperidine rings is 1. The van der Waals surface area contributed by atoms with Crippen molar-refractivity contribution >= 4 is 0 Å². The largest absolute Gasteiger partial charge is 0.383 e. The lowest BCUT2D eigenvalue weighted by Gasteiger charge is -2.38. The van der Waals surface area contributed by atoms with Crippen LogP contribution in [0.3, 0.4) is 0 Å². The molecule has 0 aromatic rings. The zero-order valence-corrected chi connectivity index (χ0v) is 11.3. The first-order valence-corrected chi connectivity index (χ1v) is 6.63. The molecule has 0 amide bonds. The number of nitrogens with one attached hydrogen (secondary N) is 1. The van der Waals surface area contributed by atoms with Crippen LogP contribution < -0.4 is 5.32 Å². The van der Waals surface area contributed by atoms with Gasteiger partial charge < -0.3 is 10.1 Å². The Morgan fingerprint density at radius 2 is 2.12 bits per heavy atom. The summed E-state index contributed by atoms with van der Waals surface area (Å²) in [6.07, 6.45) is 4.12. The summed E-state index contributed by atoms with van der Waals surface area (Å²) in [5, 5.41) is 3.53. The molecule has 1 saturated heterocycles. The highest BCUT2D eigenvalue weighted by Crippen LogP contribution is 2.18. The van der Waals surface area contributed by atoms with Crippen LogP contribution in [0.5, 0.6) is 0 Å². The van der Waals surface area contributed by atoms with Gasteiger partial charge in [0, 0.05) is 31.8 Å². The van der Waals surface area contributed by atoms with Crippen LogP contribution in [0, 0.1) is 0 Å². The fourth-order valence-electron chi connectivity index (χ4n) is 2.57. The topological polar surface area (TPSA) is 24.5 Å². The summed E-state index contributed by atoms with van der Waals surface area (Å²) < 4.78 is 5.13. The Morgan fingerprint density at radius 1 is 1.38 bits per heavy atom. The predicted octanol–water partition coefficient (Wildman–Crippen LogP) is 1.87. The van der Waals surface area contributed by atoms with Gasteiger partial charge in [-0.05, 0) is 40.2 Å². The van der Waals surface area contributed by atoms with Gasteiger partial charge in [-0.25, -0.2) is 0 Å². The molecule has 1 aliphatic heterocycles. The molecule has 0 radical (unpaired) electrons. The van der Waals surface area contributed by atoms with Crippen LogP contribution in [-0.2, 0) is 4.74 Å². The molecule has 0 spiro atoms. The molecule has 1 fully saturated rings. The molecule has 16 heavy (non-hydrogen) atoms. The molecule has 0 saturated carbocycles. The molecule has 96 valence electrons. The number of likely N-dealkylation sites (tertiary alicyclic amines) is 1. The lowest BCUT2D eigenvalue weighted by atomic mass is 10.0. The maximum atomic E-state index is 5.13. The fourth-order valence-corrected chi connectivity index (χ4v) is 2.57. The maximum absolute atomic E-state index is 5.13. The minimum atomic E-state index is 0.451. The standard InChI is InChI=1S/C13H28N2O/c1-11(10-16-4)14-9-13(3)15-8-6-5-7-12(15)2/h11-14H,5-10H2,1-4H3. The quantitative estimate of drug-likeness (QED) is 0.751. The van der Waals surface area contributed by atoms with Crippen molar-refractivity contribution in [3.05, 3.63) is 0 Å². The van der Waals surface area contributed by atoms with Crippen molar-refractivity contribution < 1.29 is 4.74 Å². The summed E-state index contributed by atoms with van der Waals surface area (Å²) in [4.78, 5) is 2.63. The van der Waals surface area contributed by atoms with E-state index >= 15 is 0 Å². The molecule has 0 aliphatic carbocycles. The van der Waals surface area contributed by atoms with Crippen LogP contribution in [-0.4, -0.2) is 49.8 Å². The zero-order chi connectivity index (χ0) is 12.0. The summed E-state index contributed by atoms with van der Waals surface area (Å²) in [7, 11) is 1.76. The van der Waals surface area contributed by atoms with Crippen molar-refractivity contribution in [2.24, 2.45) is 0 Å². The smallest absolute Gasteiger partial charge is 0.0613 e. The van der Waals surface area contributed by atoms with Gasteiger partial charge in [0.25, 0.3) is 0 Å². The average molecular weight is 228 g/mol. The SMILES string of the molecule is COCC(C)NCC(C)N1CCCCC1C. The summed E-state index contributed by atoms with van der Waals surface area (Å²) in [6.45, 7) is 9.98. The lowest BCUT2D eigenvalue weighted by Crippen LogP contribution is -2.49. The molecule has 1 rings (SSSR count). The predicted molar refractivity (Wildman–Crippen MR) is 68.8 cm³/mol. The number of methoxy groups -OCH3 is 1. The Hall–Kier alpha value is -0.120. The minimum absolute atomic E-state index is 0.451. The van der Waals surface area contributed by atoms with Crippen molar-refractivity contribution in [2.45, 2.75) is 58.2 Å². The Bertz CT molecular complexity index is 187. The van der Waals surface area contributed by atoms with Gasteiger partial charge in [-0.1, -0.05) is 6.42 Å². The van der Waals surface area contributed by atoms with Gasteiger partial charge in [-0.3, -0.25) is 4.90 Å². The van der Waals surface area contributed by atoms with E-state index in [4.69, 9.17) is 4.74 Å². The number of hydrogen-bond acceptors (Lipinski definition) is 3. The average Bonchev–Trinajstić information content (AvgIpc) is 2.27. The van der Waals surface area contributed by atoms with Gasteiger partial charge in [0.2, 0.25) is 0 Å². The lowest BCUT2D eigenvalue weighted by molar-refractivity contribution is 0.106. The normalized spacial score (nSPS) is 26.6. The van der Waals surface area contributed by atoms with Gasteiger partial charge in [0.05, 0.1) is 6.61 Å². The van der Waals surface area contributed by atoms with Crippen molar-refractivity contribution in [1.29, 1.82) is 0 Å². The van der Waals surface area contributed by atoms with E-state index < -0.39 is 0 Å². The van der Waals surface area contributed by atoms with Gasteiger partial charge >= 0.3 is 0 Å². The summed E-state index contributed by atoms with van der Waals surface area (Å²) >= 11 is 0. The number of nitrogens with zero attached hydrogens (tertiary/aromatic N) is 1.